The molecule has 5 heterocycles. The maximum Gasteiger partial charge on any atom is 2.00 e. The van der Waals surface area contributed by atoms with Gasteiger partial charge in [-0.15, -0.1) is 23.3 Å². The molecule has 0 unspecified atom stereocenters. The van der Waals surface area contributed by atoms with Crippen LogP contribution in [0.1, 0.15) is 60.9 Å². The Bertz CT molecular complexity index is 2220. The van der Waals surface area contributed by atoms with Crippen LogP contribution in [0.4, 0.5) is 0 Å². The van der Waals surface area contributed by atoms with E-state index in [4.69, 9.17) is 19.5 Å². The van der Waals surface area contributed by atoms with Gasteiger partial charge in [0.15, 0.2) is 0 Å². The molecule has 0 radical (unpaired) electrons. The van der Waals surface area contributed by atoms with Crippen LogP contribution in [0.3, 0.4) is 0 Å². The third kappa shape index (κ3) is 4.37. The number of aliphatic imine (C=N–C) groups is 1. The second kappa shape index (κ2) is 10.6. The van der Waals surface area contributed by atoms with E-state index in [1.54, 1.807) is 6.20 Å². The van der Waals surface area contributed by atoms with E-state index in [1.807, 2.05) is 36.5 Å². The first-order valence-corrected chi connectivity index (χ1v) is 15.7. The SMILES string of the molecule is Cc1cnc2c(c1)c1cccc3c1n2-c1[c-]c(Oc2[c-]c(C4=N[C@@H]5CCC[C@@H]5O4)cc(-c4ccccn4)c2)c(C)cc1C3(C)C.[Pt+2]. The summed E-state index contributed by atoms with van der Waals surface area (Å²) in [5, 5.41) is 2.35. The van der Waals surface area contributed by atoms with Crippen molar-refractivity contribution in [2.24, 2.45) is 4.99 Å². The summed E-state index contributed by atoms with van der Waals surface area (Å²) in [6.45, 7) is 8.77. The molecule has 9 rings (SSSR count). The maximum atomic E-state index is 6.71. The Hall–Kier alpha value is -4.28. The van der Waals surface area contributed by atoms with E-state index in [-0.39, 0.29) is 38.6 Å². The molecule has 46 heavy (non-hydrogen) atoms. The Morgan fingerprint density at radius 1 is 0.935 bits per heavy atom. The number of hydrogen-bond acceptors (Lipinski definition) is 5. The van der Waals surface area contributed by atoms with Crippen LogP contribution in [0.15, 0.2) is 78.0 Å². The number of ether oxygens (including phenoxy) is 2. The molecule has 6 aromatic rings. The standard InChI is InChI=1S/C39H32N4O2.Pt/c1-22-15-28-27-9-7-10-29-36(27)43(37(28)41-21-22)33-20-35(23(2)16-30(33)39(29,3)4)44-26-18-24(31-11-5-6-14-40-31)17-25(19-26)38-42-32-12-8-13-34(32)45-38;/h5-7,9-11,14-18,21,32,34H,8,12-13H2,1-4H3;/q-2;+2/t32-,34+;/m1./s1. The molecule has 1 aliphatic carbocycles. The maximum absolute atomic E-state index is 6.71. The Morgan fingerprint density at radius 2 is 1.83 bits per heavy atom. The summed E-state index contributed by atoms with van der Waals surface area (Å²) in [4.78, 5) is 14.5. The molecule has 3 aliphatic rings. The van der Waals surface area contributed by atoms with E-state index < -0.39 is 0 Å². The van der Waals surface area contributed by atoms with Gasteiger partial charge < -0.3 is 14.0 Å². The van der Waals surface area contributed by atoms with Gasteiger partial charge in [0.05, 0.1) is 17.3 Å². The molecule has 0 spiro atoms. The van der Waals surface area contributed by atoms with Crippen LogP contribution in [0.2, 0.25) is 0 Å². The number of fused-ring (bicyclic) bond motifs is 6. The van der Waals surface area contributed by atoms with Crippen molar-refractivity contribution in [2.45, 2.75) is 64.5 Å². The van der Waals surface area contributed by atoms with Gasteiger partial charge in [0, 0.05) is 34.7 Å². The van der Waals surface area contributed by atoms with Gasteiger partial charge in [-0.3, -0.25) is 9.98 Å². The molecule has 0 amide bonds. The summed E-state index contributed by atoms with van der Waals surface area (Å²) < 4.78 is 15.3. The summed E-state index contributed by atoms with van der Waals surface area (Å²) in [5.41, 5.74) is 10.0. The number of nitrogens with zero attached hydrogens (tertiary/aromatic N) is 4. The topological polar surface area (TPSA) is 61.5 Å². The van der Waals surface area contributed by atoms with Gasteiger partial charge >= 0.3 is 21.1 Å². The molecular weight excluding hydrogens is 752 g/mol. The summed E-state index contributed by atoms with van der Waals surface area (Å²) in [5.74, 6) is 1.86. The number of benzene rings is 3. The normalized spacial score (nSPS) is 18.9. The smallest absolute Gasteiger partial charge is 0.515 e. The largest absolute Gasteiger partial charge is 2.00 e. The number of rotatable bonds is 4. The van der Waals surface area contributed by atoms with Crippen LogP contribution in [-0.4, -0.2) is 32.6 Å². The molecule has 0 N–H and O–H groups in total. The van der Waals surface area contributed by atoms with Gasteiger partial charge in [-0.25, -0.2) is 4.98 Å². The minimum atomic E-state index is -0.234. The second-order valence-corrected chi connectivity index (χ2v) is 13.1. The Morgan fingerprint density at radius 3 is 2.65 bits per heavy atom. The average Bonchev–Trinajstić information content (AvgIpc) is 3.74. The van der Waals surface area contributed by atoms with Crippen molar-refractivity contribution in [1.29, 1.82) is 0 Å². The van der Waals surface area contributed by atoms with Crippen molar-refractivity contribution in [3.05, 3.63) is 113 Å². The van der Waals surface area contributed by atoms with Crippen LogP contribution in [0, 0.1) is 26.0 Å². The van der Waals surface area contributed by atoms with Gasteiger partial charge in [-0.1, -0.05) is 74.0 Å². The number of aryl methyl sites for hydroxylation is 2. The number of aromatic nitrogens is 3. The summed E-state index contributed by atoms with van der Waals surface area (Å²) in [6, 6.07) is 28.5. The van der Waals surface area contributed by atoms with E-state index in [9.17, 15) is 0 Å². The Balaban J connectivity index is 0.00000312. The molecule has 2 atom stereocenters. The minimum Gasteiger partial charge on any atom is -0.515 e. The summed E-state index contributed by atoms with van der Waals surface area (Å²) in [6.07, 6.45) is 7.17. The van der Waals surface area contributed by atoms with Crippen molar-refractivity contribution in [1.82, 2.24) is 14.5 Å². The predicted molar refractivity (Wildman–Crippen MR) is 177 cm³/mol. The van der Waals surface area contributed by atoms with Crippen LogP contribution < -0.4 is 4.74 Å². The number of hydrogen-bond donors (Lipinski definition) is 0. The van der Waals surface area contributed by atoms with Crippen LogP contribution >= 0.6 is 0 Å². The monoisotopic (exact) mass is 783 g/mol. The number of pyridine rings is 2. The van der Waals surface area contributed by atoms with Crippen molar-refractivity contribution < 1.29 is 30.5 Å². The van der Waals surface area contributed by atoms with Crippen molar-refractivity contribution >= 4 is 27.8 Å². The van der Waals surface area contributed by atoms with E-state index >= 15 is 0 Å². The molecular formula is C39H32N4O2Pt. The van der Waals surface area contributed by atoms with Crippen LogP contribution in [-0.2, 0) is 31.2 Å². The van der Waals surface area contributed by atoms with E-state index in [0.29, 0.717) is 17.4 Å². The molecule has 0 saturated heterocycles. The molecule has 3 aromatic carbocycles. The Kier molecular flexibility index (Phi) is 6.74. The molecule has 0 bridgehead atoms. The molecule has 3 aromatic heterocycles. The van der Waals surface area contributed by atoms with Gasteiger partial charge in [0.25, 0.3) is 0 Å². The molecule has 2 aliphatic heterocycles. The van der Waals surface area contributed by atoms with Crippen LogP contribution in [0.5, 0.6) is 11.5 Å². The van der Waals surface area contributed by atoms with Crippen molar-refractivity contribution in [2.75, 3.05) is 0 Å². The molecule has 1 fully saturated rings. The van der Waals surface area contributed by atoms with Gasteiger partial charge in [-0.05, 0) is 60.9 Å². The van der Waals surface area contributed by atoms with E-state index in [2.05, 4.69) is 79.7 Å². The molecule has 7 heteroatoms. The number of para-hydroxylation sites is 1. The van der Waals surface area contributed by atoms with Crippen LogP contribution in [0.25, 0.3) is 38.9 Å². The Labute approximate surface area is 282 Å². The third-order valence-corrected chi connectivity index (χ3v) is 9.75. The second-order valence-electron chi connectivity index (χ2n) is 13.1. The fourth-order valence-electron chi connectivity index (χ4n) is 7.45. The first kappa shape index (κ1) is 29.1. The van der Waals surface area contributed by atoms with E-state index in [0.717, 1.165) is 63.9 Å². The van der Waals surface area contributed by atoms with Gasteiger partial charge in [-0.2, -0.15) is 6.07 Å². The first-order valence-electron chi connectivity index (χ1n) is 15.7. The average molecular weight is 784 g/mol. The molecule has 230 valence electrons. The predicted octanol–water partition coefficient (Wildman–Crippen LogP) is 8.58. The molecule has 1 saturated carbocycles. The zero-order valence-corrected chi connectivity index (χ0v) is 28.4. The van der Waals surface area contributed by atoms with Crippen molar-refractivity contribution in [3.63, 3.8) is 0 Å². The zero-order valence-electron chi connectivity index (χ0n) is 26.1. The quantitative estimate of drug-likeness (QED) is 0.168. The fourth-order valence-corrected chi connectivity index (χ4v) is 7.45. The zero-order chi connectivity index (χ0) is 30.4. The summed E-state index contributed by atoms with van der Waals surface area (Å²) >= 11 is 0. The van der Waals surface area contributed by atoms with Gasteiger partial charge in [0.2, 0.25) is 0 Å². The minimum absolute atomic E-state index is 0. The summed E-state index contributed by atoms with van der Waals surface area (Å²) in [7, 11) is 0. The van der Waals surface area contributed by atoms with E-state index in [1.165, 1.54) is 22.0 Å². The fraction of sp³-hybridized carbons (Fsp3) is 0.256. The van der Waals surface area contributed by atoms with Crippen molar-refractivity contribution in [3.8, 4) is 28.4 Å². The van der Waals surface area contributed by atoms with Gasteiger partial charge in [0.1, 0.15) is 17.6 Å². The molecule has 6 nitrogen and oxygen atoms in total. The third-order valence-electron chi connectivity index (χ3n) is 9.75. The first-order chi connectivity index (χ1) is 21.8.